The van der Waals surface area contributed by atoms with Gasteiger partial charge in [0.05, 0.1) is 13.2 Å². The third-order valence-electron chi connectivity index (χ3n) is 4.68. The van der Waals surface area contributed by atoms with Crippen molar-refractivity contribution in [2.24, 2.45) is 0 Å². The van der Waals surface area contributed by atoms with Crippen molar-refractivity contribution in [2.45, 2.75) is 32.5 Å². The van der Waals surface area contributed by atoms with E-state index in [1.165, 1.54) is 33.3 Å². The summed E-state index contributed by atoms with van der Waals surface area (Å²) in [5.41, 5.74) is 1.24. The van der Waals surface area contributed by atoms with Crippen LogP contribution in [0.5, 0.6) is 5.75 Å². The summed E-state index contributed by atoms with van der Waals surface area (Å²) in [5.74, 6) is -0.321. The predicted octanol–water partition coefficient (Wildman–Crippen LogP) is 3.26. The Morgan fingerprint density at radius 2 is 1.74 bits per heavy atom. The summed E-state index contributed by atoms with van der Waals surface area (Å²) in [4.78, 5) is 16.3. The first-order valence-electron chi connectivity index (χ1n) is 10.1. The van der Waals surface area contributed by atoms with E-state index in [1.54, 1.807) is 18.3 Å². The van der Waals surface area contributed by atoms with Gasteiger partial charge in [0.25, 0.3) is 0 Å². The number of benzene rings is 1. The van der Waals surface area contributed by atoms with E-state index in [4.69, 9.17) is 9.47 Å². The van der Waals surface area contributed by atoms with Gasteiger partial charge in [-0.15, -0.1) is 18.3 Å². The molecule has 180 valence electrons. The van der Waals surface area contributed by atoms with E-state index in [9.17, 15) is 18.0 Å². The molecule has 1 saturated heterocycles. The van der Waals surface area contributed by atoms with Gasteiger partial charge in [0.1, 0.15) is 12.3 Å². The van der Waals surface area contributed by atoms with Crippen LogP contribution in [0.15, 0.2) is 58.3 Å². The largest absolute Gasteiger partial charge is 0.573 e. The number of aromatic nitrogens is 5. The van der Waals surface area contributed by atoms with Crippen LogP contribution in [0.4, 0.5) is 13.2 Å². The minimum absolute atomic E-state index is 0.0514. The summed E-state index contributed by atoms with van der Waals surface area (Å²) in [6.45, 7) is 5.37. The summed E-state index contributed by atoms with van der Waals surface area (Å²) in [5, 5.41) is 7.81. The molecular formula is C21H20F3N5O5. The minimum Gasteiger partial charge on any atom is -0.406 e. The fourth-order valence-corrected chi connectivity index (χ4v) is 3.15. The molecule has 1 aliphatic rings. The molecule has 0 radical (unpaired) electrons. The van der Waals surface area contributed by atoms with Crippen molar-refractivity contribution in [2.75, 3.05) is 13.2 Å². The molecule has 0 N–H and O–H groups in total. The smallest absolute Gasteiger partial charge is 0.406 e. The number of fused-ring (bicyclic) bond motifs is 1. The molecular weight excluding hydrogens is 459 g/mol. The van der Waals surface area contributed by atoms with E-state index >= 15 is 0 Å². The molecule has 4 heterocycles. The standard InChI is InChI=1S/C16H10F3N5O3.C5H10O2/c17-16(18,19)27-12-4-1-10(2-5-12)11-3-6-14-21-24(15(25)23(14)7-11)8-13-20-9-26-22-13;1-5(2)6-3-4-7-5/h1-7,9H,8H2;3-4H2,1-2H3. The number of rotatable bonds is 4. The highest BCUT2D eigenvalue weighted by molar-refractivity contribution is 5.65. The zero-order valence-electron chi connectivity index (χ0n) is 18.2. The summed E-state index contributed by atoms with van der Waals surface area (Å²) >= 11 is 0. The van der Waals surface area contributed by atoms with Gasteiger partial charge in [0, 0.05) is 6.20 Å². The fourth-order valence-electron chi connectivity index (χ4n) is 3.15. The van der Waals surface area contributed by atoms with E-state index in [1.807, 2.05) is 13.8 Å². The van der Waals surface area contributed by atoms with Crippen LogP contribution >= 0.6 is 0 Å². The van der Waals surface area contributed by atoms with Crippen LogP contribution in [0.2, 0.25) is 0 Å². The van der Waals surface area contributed by atoms with Gasteiger partial charge in [-0.25, -0.2) is 13.9 Å². The molecule has 1 aromatic carbocycles. The van der Waals surface area contributed by atoms with Crippen LogP contribution < -0.4 is 10.4 Å². The average molecular weight is 479 g/mol. The number of hydrogen-bond donors (Lipinski definition) is 0. The average Bonchev–Trinajstić information content (AvgIpc) is 3.50. The molecule has 4 aromatic rings. The van der Waals surface area contributed by atoms with Crippen molar-refractivity contribution in [3.05, 3.63) is 65.3 Å². The Labute approximate surface area is 190 Å². The molecule has 5 rings (SSSR count). The molecule has 0 aliphatic carbocycles. The molecule has 0 atom stereocenters. The van der Waals surface area contributed by atoms with Crippen molar-refractivity contribution >= 4 is 5.65 Å². The van der Waals surface area contributed by atoms with Gasteiger partial charge in [0.15, 0.2) is 17.3 Å². The molecule has 0 unspecified atom stereocenters. The van der Waals surface area contributed by atoms with Gasteiger partial charge in [-0.05, 0) is 49.2 Å². The van der Waals surface area contributed by atoms with Gasteiger partial charge in [-0.3, -0.25) is 0 Å². The van der Waals surface area contributed by atoms with E-state index in [0.29, 0.717) is 22.6 Å². The maximum Gasteiger partial charge on any atom is 0.573 e. The maximum atomic E-state index is 12.5. The van der Waals surface area contributed by atoms with Crippen molar-refractivity contribution in [3.8, 4) is 16.9 Å². The van der Waals surface area contributed by atoms with Crippen molar-refractivity contribution in [1.82, 2.24) is 24.3 Å². The first kappa shape index (κ1) is 23.4. The lowest BCUT2D eigenvalue weighted by Gasteiger charge is -2.13. The van der Waals surface area contributed by atoms with Gasteiger partial charge < -0.3 is 18.7 Å². The maximum absolute atomic E-state index is 12.5. The number of hydrogen-bond acceptors (Lipinski definition) is 8. The lowest BCUT2D eigenvalue weighted by atomic mass is 10.1. The fraction of sp³-hybridized carbons (Fsp3) is 0.333. The molecule has 10 nitrogen and oxygen atoms in total. The Kier molecular flexibility index (Phi) is 6.39. The SMILES string of the molecule is CC1(C)OCCO1.O=c1n(Cc2ncon2)nc2ccc(-c3ccc(OC(F)(F)F)cc3)cn12. The highest BCUT2D eigenvalue weighted by Crippen LogP contribution is 2.26. The monoisotopic (exact) mass is 479 g/mol. The van der Waals surface area contributed by atoms with Crippen LogP contribution in [0.3, 0.4) is 0 Å². The van der Waals surface area contributed by atoms with Gasteiger partial charge in [-0.2, -0.15) is 4.98 Å². The van der Waals surface area contributed by atoms with Crippen LogP contribution in [0.25, 0.3) is 16.8 Å². The highest BCUT2D eigenvalue weighted by atomic mass is 19.4. The number of nitrogens with zero attached hydrogens (tertiary/aromatic N) is 5. The number of alkyl halides is 3. The van der Waals surface area contributed by atoms with Gasteiger partial charge in [-0.1, -0.05) is 17.3 Å². The quantitative estimate of drug-likeness (QED) is 0.439. The topological polar surface area (TPSA) is 106 Å². The molecule has 3 aromatic heterocycles. The predicted molar refractivity (Wildman–Crippen MR) is 111 cm³/mol. The van der Waals surface area contributed by atoms with Gasteiger partial charge in [0.2, 0.25) is 6.39 Å². The lowest BCUT2D eigenvalue weighted by Crippen LogP contribution is -2.22. The Morgan fingerprint density at radius 1 is 1.06 bits per heavy atom. The second-order valence-corrected chi connectivity index (χ2v) is 7.60. The van der Waals surface area contributed by atoms with Crippen molar-refractivity contribution in [3.63, 3.8) is 0 Å². The highest BCUT2D eigenvalue weighted by Gasteiger charge is 2.31. The van der Waals surface area contributed by atoms with Gasteiger partial charge >= 0.3 is 12.1 Å². The number of pyridine rings is 1. The first-order valence-corrected chi connectivity index (χ1v) is 10.1. The lowest BCUT2D eigenvalue weighted by molar-refractivity contribution is -0.274. The van der Waals surface area contributed by atoms with E-state index in [-0.39, 0.29) is 18.1 Å². The van der Waals surface area contributed by atoms with E-state index in [0.717, 1.165) is 19.6 Å². The Hall–Kier alpha value is -3.71. The summed E-state index contributed by atoms with van der Waals surface area (Å²) in [7, 11) is 0. The van der Waals surface area contributed by atoms with Crippen LogP contribution in [-0.2, 0) is 16.0 Å². The Morgan fingerprint density at radius 3 is 2.29 bits per heavy atom. The third kappa shape index (κ3) is 5.80. The molecule has 34 heavy (non-hydrogen) atoms. The molecule has 0 spiro atoms. The molecule has 1 aliphatic heterocycles. The van der Waals surface area contributed by atoms with Crippen LogP contribution in [0.1, 0.15) is 19.7 Å². The summed E-state index contributed by atoms with van der Waals surface area (Å²) in [6.07, 6.45) is -2.04. The van der Waals surface area contributed by atoms with E-state index < -0.39 is 12.1 Å². The number of ether oxygens (including phenoxy) is 3. The van der Waals surface area contributed by atoms with Crippen molar-refractivity contribution in [1.29, 1.82) is 0 Å². The molecule has 0 bridgehead atoms. The molecule has 13 heteroatoms. The summed E-state index contributed by atoms with van der Waals surface area (Å²) < 4.78 is 57.9. The first-order chi connectivity index (χ1) is 16.1. The molecule has 1 fully saturated rings. The molecule has 0 saturated carbocycles. The summed E-state index contributed by atoms with van der Waals surface area (Å²) in [6, 6.07) is 8.68. The third-order valence-corrected chi connectivity index (χ3v) is 4.68. The Balaban J connectivity index is 0.000000336. The number of halogens is 3. The molecule has 0 amide bonds. The Bertz CT molecular complexity index is 1290. The zero-order valence-corrected chi connectivity index (χ0v) is 18.2. The minimum atomic E-state index is -4.75. The second kappa shape index (κ2) is 9.27. The second-order valence-electron chi connectivity index (χ2n) is 7.60. The normalized spacial score (nSPS) is 15.2. The van der Waals surface area contributed by atoms with E-state index in [2.05, 4.69) is 24.5 Å². The van der Waals surface area contributed by atoms with Crippen LogP contribution in [0, 0.1) is 0 Å². The zero-order chi connectivity index (χ0) is 24.3. The van der Waals surface area contributed by atoms with Crippen LogP contribution in [-0.4, -0.2) is 49.7 Å². The van der Waals surface area contributed by atoms with Crippen molar-refractivity contribution < 1.29 is 31.9 Å².